The average Bonchev–Trinajstić information content (AvgIpc) is 3.18. The fourth-order valence-electron chi connectivity index (χ4n) is 3.47. The fourth-order valence-corrected chi connectivity index (χ4v) is 4.58. The van der Waals surface area contributed by atoms with Gasteiger partial charge in [-0.25, -0.2) is 12.8 Å². The second-order valence-electron chi connectivity index (χ2n) is 7.15. The molecule has 1 aliphatic rings. The molecule has 2 aromatic rings. The molecule has 0 heterocycles. The van der Waals surface area contributed by atoms with E-state index >= 15 is 0 Å². The standard InChI is InChI=1S/C20H22FN3O4S/c21-16-8-1-2-9-17(16)24-29(27,28)15-7-5-6-14(12-15)18(25)23-13-20(19(22)26)10-3-4-11-20/h1-2,5-9,12,24H,3-4,10-11,13H2,(H2,22,26)(H,23,25). The summed E-state index contributed by atoms with van der Waals surface area (Å²) in [4.78, 5) is 24.1. The number of rotatable bonds is 7. The van der Waals surface area contributed by atoms with Crippen molar-refractivity contribution >= 4 is 27.5 Å². The zero-order chi connectivity index (χ0) is 21.1. The number of anilines is 1. The van der Waals surface area contributed by atoms with E-state index in [-0.39, 0.29) is 22.7 Å². The molecule has 0 aromatic heterocycles. The lowest BCUT2D eigenvalue weighted by molar-refractivity contribution is -0.127. The Kier molecular flexibility index (Phi) is 5.88. The Bertz CT molecular complexity index is 1030. The average molecular weight is 419 g/mol. The van der Waals surface area contributed by atoms with Crippen LogP contribution in [-0.4, -0.2) is 26.8 Å². The van der Waals surface area contributed by atoms with Gasteiger partial charge in [0.05, 0.1) is 16.0 Å². The topological polar surface area (TPSA) is 118 Å². The molecule has 2 aromatic carbocycles. The molecular formula is C20H22FN3O4S. The van der Waals surface area contributed by atoms with Crippen LogP contribution in [0.1, 0.15) is 36.0 Å². The first-order chi connectivity index (χ1) is 13.7. The molecule has 0 atom stereocenters. The number of primary amides is 1. The van der Waals surface area contributed by atoms with Gasteiger partial charge >= 0.3 is 0 Å². The monoisotopic (exact) mass is 419 g/mol. The van der Waals surface area contributed by atoms with Gasteiger partial charge in [-0.2, -0.15) is 0 Å². The molecule has 0 unspecified atom stereocenters. The Morgan fingerprint density at radius 1 is 1.07 bits per heavy atom. The molecule has 0 radical (unpaired) electrons. The van der Waals surface area contributed by atoms with Crippen molar-refractivity contribution in [2.24, 2.45) is 11.1 Å². The highest BCUT2D eigenvalue weighted by atomic mass is 32.2. The zero-order valence-electron chi connectivity index (χ0n) is 15.7. The third-order valence-corrected chi connectivity index (χ3v) is 6.56. The molecule has 0 spiro atoms. The van der Waals surface area contributed by atoms with Crippen LogP contribution < -0.4 is 15.8 Å². The molecule has 9 heteroatoms. The molecule has 1 fully saturated rings. The maximum absolute atomic E-state index is 13.8. The van der Waals surface area contributed by atoms with Crippen LogP contribution in [0.5, 0.6) is 0 Å². The highest BCUT2D eigenvalue weighted by Crippen LogP contribution is 2.37. The second-order valence-corrected chi connectivity index (χ2v) is 8.83. The molecule has 1 saturated carbocycles. The van der Waals surface area contributed by atoms with Crippen molar-refractivity contribution in [2.45, 2.75) is 30.6 Å². The second kappa shape index (κ2) is 8.20. The minimum absolute atomic E-state index is 0.103. The minimum atomic E-state index is -4.09. The van der Waals surface area contributed by atoms with Gasteiger partial charge in [0.15, 0.2) is 0 Å². The van der Waals surface area contributed by atoms with Crippen molar-refractivity contribution in [2.75, 3.05) is 11.3 Å². The molecule has 1 aliphatic carbocycles. The molecule has 3 rings (SSSR count). The predicted molar refractivity (Wildman–Crippen MR) is 106 cm³/mol. The largest absolute Gasteiger partial charge is 0.369 e. The van der Waals surface area contributed by atoms with Crippen LogP contribution in [0.25, 0.3) is 0 Å². The van der Waals surface area contributed by atoms with E-state index in [1.54, 1.807) is 0 Å². The summed E-state index contributed by atoms with van der Waals surface area (Å²) in [5.74, 6) is -1.67. The van der Waals surface area contributed by atoms with Gasteiger partial charge in [0.2, 0.25) is 5.91 Å². The van der Waals surface area contributed by atoms with Crippen LogP contribution in [-0.2, 0) is 14.8 Å². The van der Waals surface area contributed by atoms with Gasteiger partial charge in [-0.3, -0.25) is 14.3 Å². The van der Waals surface area contributed by atoms with Gasteiger partial charge in [0.1, 0.15) is 5.82 Å². The summed E-state index contributed by atoms with van der Waals surface area (Å²) in [6, 6.07) is 10.8. The van der Waals surface area contributed by atoms with Crippen molar-refractivity contribution < 1.29 is 22.4 Å². The predicted octanol–water partition coefficient (Wildman–Crippen LogP) is 2.40. The first kappa shape index (κ1) is 20.8. The van der Waals surface area contributed by atoms with Gasteiger partial charge in [0.25, 0.3) is 15.9 Å². The lowest BCUT2D eigenvalue weighted by Gasteiger charge is -2.25. The first-order valence-electron chi connectivity index (χ1n) is 9.19. The van der Waals surface area contributed by atoms with E-state index in [1.807, 2.05) is 0 Å². The van der Waals surface area contributed by atoms with Gasteiger partial charge in [-0.1, -0.05) is 31.0 Å². The normalized spacial score (nSPS) is 15.6. The van der Waals surface area contributed by atoms with Gasteiger partial charge in [-0.15, -0.1) is 0 Å². The number of hydrogen-bond donors (Lipinski definition) is 3. The highest BCUT2D eigenvalue weighted by molar-refractivity contribution is 7.92. The zero-order valence-corrected chi connectivity index (χ0v) is 16.5. The van der Waals surface area contributed by atoms with Crippen molar-refractivity contribution in [1.29, 1.82) is 0 Å². The lowest BCUT2D eigenvalue weighted by Crippen LogP contribution is -2.44. The van der Waals surface area contributed by atoms with Crippen LogP contribution in [0.2, 0.25) is 0 Å². The first-order valence-corrected chi connectivity index (χ1v) is 10.7. The number of halogens is 1. The summed E-state index contributed by atoms with van der Waals surface area (Å²) in [5.41, 5.74) is 4.68. The maximum atomic E-state index is 13.8. The van der Waals surface area contributed by atoms with E-state index in [0.29, 0.717) is 12.8 Å². The molecule has 0 saturated heterocycles. The number of hydrogen-bond acceptors (Lipinski definition) is 4. The summed E-state index contributed by atoms with van der Waals surface area (Å²) >= 11 is 0. The lowest BCUT2D eigenvalue weighted by atomic mass is 9.85. The van der Waals surface area contributed by atoms with Crippen LogP contribution in [0.15, 0.2) is 53.4 Å². The van der Waals surface area contributed by atoms with Gasteiger partial charge in [-0.05, 0) is 43.2 Å². The van der Waals surface area contributed by atoms with Crippen molar-refractivity contribution in [3.8, 4) is 0 Å². The van der Waals surface area contributed by atoms with Crippen molar-refractivity contribution in [3.05, 3.63) is 59.9 Å². The van der Waals surface area contributed by atoms with E-state index in [9.17, 15) is 22.4 Å². The summed E-state index contributed by atoms with van der Waals surface area (Å²) in [5, 5.41) is 2.69. The van der Waals surface area contributed by atoms with Crippen LogP contribution >= 0.6 is 0 Å². The van der Waals surface area contributed by atoms with E-state index in [1.165, 1.54) is 42.5 Å². The third kappa shape index (κ3) is 4.56. The van der Waals surface area contributed by atoms with E-state index in [4.69, 9.17) is 5.73 Å². The number of sulfonamides is 1. The van der Waals surface area contributed by atoms with Crippen LogP contribution in [0.3, 0.4) is 0 Å². The molecule has 154 valence electrons. The quantitative estimate of drug-likeness (QED) is 0.638. The molecule has 29 heavy (non-hydrogen) atoms. The van der Waals surface area contributed by atoms with Crippen molar-refractivity contribution in [3.63, 3.8) is 0 Å². The van der Waals surface area contributed by atoms with E-state index in [2.05, 4.69) is 10.0 Å². The summed E-state index contributed by atoms with van der Waals surface area (Å²) in [7, 11) is -4.09. The number of carbonyl (C=O) groups excluding carboxylic acids is 2. The Hall–Kier alpha value is -2.94. The SMILES string of the molecule is NC(=O)C1(CNC(=O)c2cccc(S(=O)(=O)Nc3ccccc3F)c2)CCCC1. The summed E-state index contributed by atoms with van der Waals surface area (Å²) < 4.78 is 41.1. The number of para-hydroxylation sites is 1. The number of nitrogens with two attached hydrogens (primary N) is 1. The number of benzene rings is 2. The highest BCUT2D eigenvalue weighted by Gasteiger charge is 2.39. The minimum Gasteiger partial charge on any atom is -0.369 e. The molecule has 2 amide bonds. The summed E-state index contributed by atoms with van der Waals surface area (Å²) in [6.45, 7) is 0.103. The molecule has 7 nitrogen and oxygen atoms in total. The fraction of sp³-hybridized carbons (Fsp3) is 0.300. The third-order valence-electron chi connectivity index (χ3n) is 5.20. The van der Waals surface area contributed by atoms with E-state index in [0.717, 1.165) is 18.9 Å². The Morgan fingerprint density at radius 3 is 2.41 bits per heavy atom. The maximum Gasteiger partial charge on any atom is 0.262 e. The van der Waals surface area contributed by atoms with Gasteiger partial charge < -0.3 is 11.1 Å². The van der Waals surface area contributed by atoms with Crippen molar-refractivity contribution in [1.82, 2.24) is 5.32 Å². The van der Waals surface area contributed by atoms with E-state index < -0.39 is 33.1 Å². The van der Waals surface area contributed by atoms with Gasteiger partial charge in [0, 0.05) is 12.1 Å². The number of nitrogens with one attached hydrogen (secondary N) is 2. The Labute approximate surface area is 168 Å². The summed E-state index contributed by atoms with van der Waals surface area (Å²) in [6.07, 6.45) is 2.97. The molecule has 0 bridgehead atoms. The molecule has 4 N–H and O–H groups in total. The number of amides is 2. The van der Waals surface area contributed by atoms with Crippen LogP contribution in [0.4, 0.5) is 10.1 Å². The molecule has 0 aliphatic heterocycles. The number of carbonyl (C=O) groups is 2. The van der Waals surface area contributed by atoms with Crippen LogP contribution in [0, 0.1) is 11.2 Å². The Morgan fingerprint density at radius 2 is 1.76 bits per heavy atom. The molecular weight excluding hydrogens is 397 g/mol. The smallest absolute Gasteiger partial charge is 0.262 e. The Balaban J connectivity index is 1.75.